The molecule has 0 radical (unpaired) electrons. The van der Waals surface area contributed by atoms with E-state index in [-0.39, 0.29) is 17.1 Å². The number of benzene rings is 3. The molecule has 0 atom stereocenters. The van der Waals surface area contributed by atoms with Gasteiger partial charge in [0.25, 0.3) is 0 Å². The predicted molar refractivity (Wildman–Crippen MR) is 142 cm³/mol. The molecule has 3 heterocycles. The number of Topliss-reactive ketones (excluding diaryl/α,β-unsaturated/α-hetero) is 2. The fraction of sp³-hybridized carbons (Fsp3) is 0. The molecule has 36 heavy (non-hydrogen) atoms. The summed E-state index contributed by atoms with van der Waals surface area (Å²) in [5.74, 6) is -0.105. The Morgan fingerprint density at radius 1 is 0.694 bits per heavy atom. The molecule has 1 aliphatic carbocycles. The zero-order valence-electron chi connectivity index (χ0n) is 18.8. The Kier molecular flexibility index (Phi) is 4.56. The molecule has 3 aromatic carbocycles. The van der Waals surface area contributed by atoms with Crippen LogP contribution in [0, 0.1) is 0 Å². The number of ketones is 2. The molecule has 172 valence electrons. The van der Waals surface area contributed by atoms with Gasteiger partial charge in [-0.1, -0.05) is 36.4 Å². The van der Waals surface area contributed by atoms with Crippen LogP contribution < -0.4 is 4.90 Å². The van der Waals surface area contributed by atoms with Gasteiger partial charge in [-0.2, -0.15) is 0 Å². The Bertz CT molecular complexity index is 1750. The van der Waals surface area contributed by atoms with Crippen molar-refractivity contribution < 1.29 is 18.4 Å². The minimum absolute atomic E-state index is 0.126. The molecule has 0 aliphatic heterocycles. The normalized spacial score (nSPS) is 14.3. The summed E-state index contributed by atoms with van der Waals surface area (Å²) in [6.07, 6.45) is 1.51. The van der Waals surface area contributed by atoms with Crippen molar-refractivity contribution in [1.82, 2.24) is 0 Å². The Morgan fingerprint density at radius 2 is 1.42 bits per heavy atom. The van der Waals surface area contributed by atoms with E-state index in [1.807, 2.05) is 54.6 Å². The van der Waals surface area contributed by atoms with Gasteiger partial charge in [0.15, 0.2) is 16.9 Å². The molecule has 0 spiro atoms. The number of thiophene rings is 1. The van der Waals surface area contributed by atoms with Crippen molar-refractivity contribution in [3.8, 4) is 0 Å². The molecule has 7 rings (SSSR count). The molecular weight excluding hydrogens is 470 g/mol. The molecule has 0 saturated heterocycles. The molecule has 3 aromatic heterocycles. The monoisotopic (exact) mass is 487 g/mol. The summed E-state index contributed by atoms with van der Waals surface area (Å²) in [6.45, 7) is 0. The van der Waals surface area contributed by atoms with Crippen LogP contribution in [0.4, 0.5) is 17.1 Å². The van der Waals surface area contributed by atoms with Gasteiger partial charge in [-0.25, -0.2) is 0 Å². The smallest absolute Gasteiger partial charge is 0.207 e. The fourth-order valence-corrected chi connectivity index (χ4v) is 5.52. The average Bonchev–Trinajstić information content (AvgIpc) is 3.66. The summed E-state index contributed by atoms with van der Waals surface area (Å²) in [4.78, 5) is 27.9. The van der Waals surface area contributed by atoms with Crippen LogP contribution in [0.15, 0.2) is 111 Å². The Hall–Kier alpha value is -4.68. The number of carbonyl (C=O) groups excluding carboxylic acids is 2. The van der Waals surface area contributed by atoms with Crippen molar-refractivity contribution >= 4 is 68.2 Å². The maximum atomic E-state index is 12.6. The molecule has 0 amide bonds. The van der Waals surface area contributed by atoms with Crippen molar-refractivity contribution in [2.24, 2.45) is 0 Å². The number of furan rings is 2. The number of nitrogens with zero attached hydrogens (tertiary/aromatic N) is 1. The first kappa shape index (κ1) is 20.7. The molecule has 0 fully saturated rings. The zero-order chi connectivity index (χ0) is 24.2. The summed E-state index contributed by atoms with van der Waals surface area (Å²) in [5, 5.41) is 2.58. The number of hydrogen-bond donors (Lipinski definition) is 0. The first-order valence-electron chi connectivity index (χ1n) is 11.4. The number of carbonyl (C=O) groups is 2. The number of fused-ring (bicyclic) bond motifs is 4. The van der Waals surface area contributed by atoms with Crippen LogP contribution in [0.1, 0.15) is 25.8 Å². The lowest BCUT2D eigenvalue weighted by Crippen LogP contribution is -2.09. The van der Waals surface area contributed by atoms with E-state index in [4.69, 9.17) is 8.83 Å². The lowest BCUT2D eigenvalue weighted by Gasteiger charge is -2.25. The Balaban J connectivity index is 1.29. The number of rotatable bonds is 4. The van der Waals surface area contributed by atoms with Gasteiger partial charge in [0.1, 0.15) is 11.3 Å². The van der Waals surface area contributed by atoms with Gasteiger partial charge < -0.3 is 13.7 Å². The second-order valence-corrected chi connectivity index (χ2v) is 9.43. The predicted octanol–water partition coefficient (Wildman–Crippen LogP) is 8.17. The quantitative estimate of drug-likeness (QED) is 0.185. The third-order valence-electron chi connectivity index (χ3n) is 6.33. The maximum absolute atomic E-state index is 12.6. The van der Waals surface area contributed by atoms with E-state index in [0.29, 0.717) is 32.9 Å². The molecule has 1 aliphatic rings. The first-order chi connectivity index (χ1) is 17.7. The van der Waals surface area contributed by atoms with Crippen LogP contribution in [-0.2, 0) is 0 Å². The highest BCUT2D eigenvalue weighted by atomic mass is 32.1. The number of allylic oxidation sites excluding steroid dienone is 1. The van der Waals surface area contributed by atoms with Crippen molar-refractivity contribution in [3.05, 3.63) is 118 Å². The van der Waals surface area contributed by atoms with Gasteiger partial charge in [-0.3, -0.25) is 9.59 Å². The largest absolute Gasteiger partial charge is 0.452 e. The van der Waals surface area contributed by atoms with Gasteiger partial charge in [0.2, 0.25) is 5.78 Å². The summed E-state index contributed by atoms with van der Waals surface area (Å²) in [7, 11) is 0. The average molecular weight is 488 g/mol. The highest BCUT2D eigenvalue weighted by Gasteiger charge is 2.34. The number of para-hydroxylation sites is 2. The first-order valence-corrected chi connectivity index (χ1v) is 12.3. The SMILES string of the molecule is O=C1/C(=C\c2cc3oc4cc(N(c5ccccc5)c5ccccc5)ccc4c3o2)C(=O)c2sccc21. The van der Waals surface area contributed by atoms with Gasteiger partial charge >= 0.3 is 0 Å². The van der Waals surface area contributed by atoms with Gasteiger partial charge in [-0.05, 0) is 53.9 Å². The molecule has 5 nitrogen and oxygen atoms in total. The van der Waals surface area contributed by atoms with Crippen LogP contribution in [0.2, 0.25) is 0 Å². The fourth-order valence-electron chi connectivity index (χ4n) is 4.68. The maximum Gasteiger partial charge on any atom is 0.207 e. The number of hydrogen-bond acceptors (Lipinski definition) is 6. The van der Waals surface area contributed by atoms with Crippen LogP contribution in [0.5, 0.6) is 0 Å². The third-order valence-corrected chi connectivity index (χ3v) is 7.24. The summed E-state index contributed by atoms with van der Waals surface area (Å²) < 4.78 is 12.2. The van der Waals surface area contributed by atoms with Crippen molar-refractivity contribution in [1.29, 1.82) is 0 Å². The van der Waals surface area contributed by atoms with Crippen LogP contribution in [-0.4, -0.2) is 11.6 Å². The summed E-state index contributed by atoms with van der Waals surface area (Å²) >= 11 is 1.28. The van der Waals surface area contributed by atoms with Crippen LogP contribution >= 0.6 is 11.3 Å². The van der Waals surface area contributed by atoms with E-state index in [1.165, 1.54) is 17.4 Å². The van der Waals surface area contributed by atoms with Crippen molar-refractivity contribution in [3.63, 3.8) is 0 Å². The van der Waals surface area contributed by atoms with Crippen LogP contribution in [0.25, 0.3) is 28.2 Å². The highest BCUT2D eigenvalue weighted by molar-refractivity contribution is 7.13. The molecule has 0 N–H and O–H groups in total. The van der Waals surface area contributed by atoms with E-state index >= 15 is 0 Å². The van der Waals surface area contributed by atoms with Crippen molar-refractivity contribution in [2.45, 2.75) is 0 Å². The highest BCUT2D eigenvalue weighted by Crippen LogP contribution is 2.39. The van der Waals surface area contributed by atoms with E-state index < -0.39 is 0 Å². The summed E-state index contributed by atoms with van der Waals surface area (Å²) in [5.41, 5.74) is 5.44. The molecule has 0 bridgehead atoms. The minimum atomic E-state index is -0.263. The van der Waals surface area contributed by atoms with E-state index in [9.17, 15) is 9.59 Å². The molecule has 6 aromatic rings. The summed E-state index contributed by atoms with van der Waals surface area (Å²) in [6, 6.07) is 29.7. The standard InChI is InChI=1S/C30H17NO4S/c32-27-23-13-14-36-30(23)28(33)24(27)16-21-17-26-29(34-21)22-12-11-20(15-25(22)35-26)31(18-7-3-1-4-8-18)19-9-5-2-6-10-19/h1-17H/b24-16+. The van der Waals surface area contributed by atoms with E-state index in [1.54, 1.807) is 17.5 Å². The van der Waals surface area contributed by atoms with Crippen LogP contribution in [0.3, 0.4) is 0 Å². The number of anilines is 3. The zero-order valence-corrected chi connectivity index (χ0v) is 19.6. The van der Waals surface area contributed by atoms with Crippen molar-refractivity contribution in [2.75, 3.05) is 4.90 Å². The second kappa shape index (κ2) is 7.93. The lowest BCUT2D eigenvalue weighted by molar-refractivity contribution is 0.0991. The van der Waals surface area contributed by atoms with Gasteiger partial charge in [0.05, 0.1) is 15.8 Å². The minimum Gasteiger partial charge on any atom is -0.452 e. The molecular formula is C30H17NO4S. The third kappa shape index (κ3) is 3.16. The molecule has 0 saturated carbocycles. The lowest BCUT2D eigenvalue weighted by atomic mass is 10.1. The Morgan fingerprint density at radius 3 is 2.11 bits per heavy atom. The van der Waals surface area contributed by atoms with E-state index in [0.717, 1.165) is 22.4 Å². The van der Waals surface area contributed by atoms with Gasteiger partial charge in [0, 0.05) is 34.8 Å². The molecule has 0 unspecified atom stereocenters. The Labute approximate surface area is 209 Å². The van der Waals surface area contributed by atoms with E-state index in [2.05, 4.69) is 29.2 Å². The van der Waals surface area contributed by atoms with Gasteiger partial charge in [-0.15, -0.1) is 11.3 Å². The topological polar surface area (TPSA) is 63.7 Å². The second-order valence-electron chi connectivity index (χ2n) is 8.51. The molecule has 6 heteroatoms.